The van der Waals surface area contributed by atoms with Crippen LogP contribution in [-0.2, 0) is 0 Å². The van der Waals surface area contributed by atoms with Crippen molar-refractivity contribution in [2.45, 2.75) is 47.0 Å². The van der Waals surface area contributed by atoms with Gasteiger partial charge in [0.05, 0.1) is 6.07 Å². The molecule has 0 aliphatic rings. The van der Waals surface area contributed by atoms with E-state index in [0.29, 0.717) is 11.8 Å². The lowest BCUT2D eigenvalue weighted by Gasteiger charge is -2.23. The van der Waals surface area contributed by atoms with Crippen LogP contribution in [0.1, 0.15) is 47.0 Å². The molecular formula is C12H24N2. The maximum absolute atomic E-state index is 8.34. The molecule has 0 aromatic heterocycles. The molecule has 0 aromatic rings. The summed E-state index contributed by atoms with van der Waals surface area (Å²) in [5.74, 6) is 0.768. The first-order chi connectivity index (χ1) is 6.45. The predicted molar refractivity (Wildman–Crippen MR) is 61.0 cm³/mol. The number of rotatable bonds is 6. The van der Waals surface area contributed by atoms with Gasteiger partial charge < -0.3 is 5.32 Å². The van der Waals surface area contributed by atoms with E-state index in [-0.39, 0.29) is 0 Å². The minimum absolute atomic E-state index is 0.437. The van der Waals surface area contributed by atoms with Gasteiger partial charge in [-0.05, 0) is 30.7 Å². The van der Waals surface area contributed by atoms with E-state index in [2.05, 4.69) is 39.1 Å². The van der Waals surface area contributed by atoms with E-state index >= 15 is 0 Å². The van der Waals surface area contributed by atoms with Crippen LogP contribution in [0.4, 0.5) is 0 Å². The van der Waals surface area contributed by atoms with Gasteiger partial charge in [-0.1, -0.05) is 27.7 Å². The molecule has 0 radical (unpaired) electrons. The molecule has 14 heavy (non-hydrogen) atoms. The van der Waals surface area contributed by atoms with E-state index in [0.717, 1.165) is 19.0 Å². The summed E-state index contributed by atoms with van der Waals surface area (Å²) in [5, 5.41) is 11.6. The van der Waals surface area contributed by atoms with Gasteiger partial charge in [-0.3, -0.25) is 0 Å². The monoisotopic (exact) mass is 196 g/mol. The Bertz CT molecular complexity index is 174. The third-order valence-electron chi connectivity index (χ3n) is 2.19. The lowest BCUT2D eigenvalue weighted by Crippen LogP contribution is -2.20. The molecule has 82 valence electrons. The highest BCUT2D eigenvalue weighted by Gasteiger charge is 2.14. The molecule has 0 fully saturated rings. The highest BCUT2D eigenvalue weighted by Crippen LogP contribution is 2.25. The smallest absolute Gasteiger partial charge is 0.0635 e. The Balaban J connectivity index is 3.37. The average Bonchev–Trinajstić information content (AvgIpc) is 2.00. The molecule has 0 aliphatic carbocycles. The van der Waals surface area contributed by atoms with Crippen LogP contribution in [0, 0.1) is 22.7 Å². The minimum atomic E-state index is 0.437. The van der Waals surface area contributed by atoms with Crippen molar-refractivity contribution in [2.24, 2.45) is 11.3 Å². The van der Waals surface area contributed by atoms with Crippen molar-refractivity contribution in [3.05, 3.63) is 0 Å². The van der Waals surface area contributed by atoms with Crippen molar-refractivity contribution >= 4 is 0 Å². The fraction of sp³-hybridized carbons (Fsp3) is 0.917. The molecule has 0 saturated carbocycles. The molecule has 0 aliphatic heterocycles. The van der Waals surface area contributed by atoms with Crippen LogP contribution in [0.2, 0.25) is 0 Å². The fourth-order valence-electron chi connectivity index (χ4n) is 1.77. The summed E-state index contributed by atoms with van der Waals surface area (Å²) >= 11 is 0. The number of hydrogen-bond acceptors (Lipinski definition) is 2. The van der Waals surface area contributed by atoms with E-state index in [1.54, 1.807) is 0 Å². The summed E-state index contributed by atoms with van der Waals surface area (Å²) in [5.41, 5.74) is 0.437. The van der Waals surface area contributed by atoms with Crippen LogP contribution in [0.25, 0.3) is 0 Å². The molecule has 0 saturated heterocycles. The minimum Gasteiger partial charge on any atom is -0.316 e. The van der Waals surface area contributed by atoms with E-state index in [9.17, 15) is 0 Å². The molecule has 0 aromatic carbocycles. The molecule has 1 N–H and O–H groups in total. The number of nitrogens with one attached hydrogen (secondary N) is 1. The zero-order valence-electron chi connectivity index (χ0n) is 10.1. The van der Waals surface area contributed by atoms with Crippen LogP contribution in [0.15, 0.2) is 0 Å². The van der Waals surface area contributed by atoms with Crippen LogP contribution in [0.5, 0.6) is 0 Å². The zero-order chi connectivity index (χ0) is 11.0. The first-order valence-electron chi connectivity index (χ1n) is 5.53. The second-order valence-corrected chi connectivity index (χ2v) is 5.32. The Hall–Kier alpha value is -0.550. The van der Waals surface area contributed by atoms with E-state index in [4.69, 9.17) is 5.26 Å². The topological polar surface area (TPSA) is 35.8 Å². The highest BCUT2D eigenvalue weighted by atomic mass is 14.8. The SMILES string of the molecule is C[C@H](CCNCCC#N)CC(C)(C)C. The van der Waals surface area contributed by atoms with Crippen molar-refractivity contribution < 1.29 is 0 Å². The van der Waals surface area contributed by atoms with Gasteiger partial charge in [-0.15, -0.1) is 0 Å². The first-order valence-corrected chi connectivity index (χ1v) is 5.53. The third kappa shape index (κ3) is 9.54. The Labute approximate surface area is 88.7 Å². The predicted octanol–water partition coefficient (Wildman–Crippen LogP) is 2.95. The molecule has 2 heteroatoms. The average molecular weight is 196 g/mol. The Morgan fingerprint density at radius 2 is 1.93 bits per heavy atom. The molecule has 0 unspecified atom stereocenters. The number of nitriles is 1. The molecule has 1 atom stereocenters. The lowest BCUT2D eigenvalue weighted by atomic mass is 9.84. The Morgan fingerprint density at radius 3 is 2.43 bits per heavy atom. The summed E-state index contributed by atoms with van der Waals surface area (Å²) in [7, 11) is 0. The van der Waals surface area contributed by atoms with Gasteiger partial charge in [-0.2, -0.15) is 5.26 Å². The maximum Gasteiger partial charge on any atom is 0.0635 e. The molecule has 2 nitrogen and oxygen atoms in total. The van der Waals surface area contributed by atoms with Crippen molar-refractivity contribution in [3.8, 4) is 6.07 Å². The fourth-order valence-corrected chi connectivity index (χ4v) is 1.77. The van der Waals surface area contributed by atoms with Gasteiger partial charge in [0.2, 0.25) is 0 Å². The van der Waals surface area contributed by atoms with Gasteiger partial charge in [0.15, 0.2) is 0 Å². The maximum atomic E-state index is 8.34. The Morgan fingerprint density at radius 1 is 1.29 bits per heavy atom. The van der Waals surface area contributed by atoms with Gasteiger partial charge >= 0.3 is 0 Å². The molecule has 0 spiro atoms. The van der Waals surface area contributed by atoms with Gasteiger partial charge in [0.1, 0.15) is 0 Å². The van der Waals surface area contributed by atoms with Crippen molar-refractivity contribution in [1.82, 2.24) is 5.32 Å². The molecular weight excluding hydrogens is 172 g/mol. The van der Waals surface area contributed by atoms with Crippen LogP contribution >= 0.6 is 0 Å². The summed E-state index contributed by atoms with van der Waals surface area (Å²) in [6, 6.07) is 2.13. The molecule has 0 amide bonds. The second kappa shape index (κ2) is 6.84. The molecule has 0 bridgehead atoms. The highest BCUT2D eigenvalue weighted by molar-refractivity contribution is 4.71. The zero-order valence-corrected chi connectivity index (χ0v) is 10.1. The lowest BCUT2D eigenvalue weighted by molar-refractivity contribution is 0.295. The van der Waals surface area contributed by atoms with Gasteiger partial charge in [0.25, 0.3) is 0 Å². The summed E-state index contributed by atoms with van der Waals surface area (Å²) < 4.78 is 0. The quantitative estimate of drug-likeness (QED) is 0.663. The summed E-state index contributed by atoms with van der Waals surface area (Å²) in [4.78, 5) is 0. The van der Waals surface area contributed by atoms with Crippen molar-refractivity contribution in [2.75, 3.05) is 13.1 Å². The van der Waals surface area contributed by atoms with E-state index in [1.165, 1.54) is 12.8 Å². The first kappa shape index (κ1) is 13.4. The van der Waals surface area contributed by atoms with Crippen LogP contribution in [-0.4, -0.2) is 13.1 Å². The van der Waals surface area contributed by atoms with Crippen LogP contribution in [0.3, 0.4) is 0 Å². The normalized spacial score (nSPS) is 13.6. The standard InChI is InChI=1S/C12H24N2/c1-11(10-12(2,3)4)6-9-14-8-5-7-13/h11,14H,5-6,8-10H2,1-4H3/t11-/m1/s1. The third-order valence-corrected chi connectivity index (χ3v) is 2.19. The van der Waals surface area contributed by atoms with Crippen LogP contribution < -0.4 is 5.32 Å². The largest absolute Gasteiger partial charge is 0.316 e. The summed E-state index contributed by atoms with van der Waals surface area (Å²) in [6.07, 6.45) is 3.10. The second-order valence-electron chi connectivity index (χ2n) is 5.32. The Kier molecular flexibility index (Phi) is 6.57. The number of nitrogens with zero attached hydrogens (tertiary/aromatic N) is 1. The van der Waals surface area contributed by atoms with Crippen molar-refractivity contribution in [1.29, 1.82) is 5.26 Å². The molecule has 0 rings (SSSR count). The van der Waals surface area contributed by atoms with Gasteiger partial charge in [0, 0.05) is 13.0 Å². The van der Waals surface area contributed by atoms with E-state index in [1.807, 2.05) is 0 Å². The van der Waals surface area contributed by atoms with Crippen molar-refractivity contribution in [3.63, 3.8) is 0 Å². The summed E-state index contributed by atoms with van der Waals surface area (Å²) in [6.45, 7) is 11.0. The molecule has 0 heterocycles. The van der Waals surface area contributed by atoms with E-state index < -0.39 is 0 Å². The van der Waals surface area contributed by atoms with Gasteiger partial charge in [-0.25, -0.2) is 0 Å². The number of hydrogen-bond donors (Lipinski definition) is 1.